The van der Waals surface area contributed by atoms with Crippen LogP contribution in [0.2, 0.25) is 0 Å². The van der Waals surface area contributed by atoms with Crippen LogP contribution in [-0.4, -0.2) is 27.2 Å². The Bertz CT molecular complexity index is 270. The van der Waals surface area contributed by atoms with E-state index < -0.39 is 0 Å². The lowest BCUT2D eigenvalue weighted by Gasteiger charge is -2.15. The Kier molecular flexibility index (Phi) is 4.41. The van der Waals surface area contributed by atoms with Crippen molar-refractivity contribution in [2.24, 2.45) is 0 Å². The molecule has 3 nitrogen and oxygen atoms in total. The first kappa shape index (κ1) is 11.4. The third-order valence-corrected chi connectivity index (χ3v) is 4.54. The maximum atomic E-state index is 4.18. The molecule has 0 aliphatic heterocycles. The zero-order valence-corrected chi connectivity index (χ0v) is 10.6. The van der Waals surface area contributed by atoms with Gasteiger partial charge >= 0.3 is 0 Å². The molecule has 5 heteroatoms. The van der Waals surface area contributed by atoms with Crippen molar-refractivity contribution >= 4 is 23.3 Å². The van der Waals surface area contributed by atoms with E-state index in [9.17, 15) is 0 Å². The van der Waals surface area contributed by atoms with Gasteiger partial charge in [-0.25, -0.2) is 4.98 Å². The highest BCUT2D eigenvalue weighted by molar-refractivity contribution is 8.01. The summed E-state index contributed by atoms with van der Waals surface area (Å²) in [6.45, 7) is 3.32. The SMILES string of the molecule is CC(CNC1CCCC1)Sc1ncns1. The Morgan fingerprint density at radius 1 is 1.60 bits per heavy atom. The van der Waals surface area contributed by atoms with E-state index in [1.165, 1.54) is 37.2 Å². The van der Waals surface area contributed by atoms with E-state index in [2.05, 4.69) is 21.6 Å². The second kappa shape index (κ2) is 5.82. The minimum absolute atomic E-state index is 0.582. The van der Waals surface area contributed by atoms with E-state index in [0.29, 0.717) is 5.25 Å². The van der Waals surface area contributed by atoms with E-state index >= 15 is 0 Å². The quantitative estimate of drug-likeness (QED) is 0.807. The van der Waals surface area contributed by atoms with Gasteiger partial charge in [-0.05, 0) is 24.4 Å². The second-order valence-electron chi connectivity index (χ2n) is 4.03. The van der Waals surface area contributed by atoms with Crippen LogP contribution in [0.15, 0.2) is 10.7 Å². The summed E-state index contributed by atoms with van der Waals surface area (Å²) in [6.07, 6.45) is 7.14. The van der Waals surface area contributed by atoms with Gasteiger partial charge < -0.3 is 5.32 Å². The van der Waals surface area contributed by atoms with Gasteiger partial charge in [-0.1, -0.05) is 31.5 Å². The van der Waals surface area contributed by atoms with Gasteiger partial charge in [-0.15, -0.1) is 0 Å². The third kappa shape index (κ3) is 3.74. The van der Waals surface area contributed by atoms with Gasteiger partial charge in [0.1, 0.15) is 6.33 Å². The summed E-state index contributed by atoms with van der Waals surface area (Å²) in [6, 6.07) is 0.766. The number of aromatic nitrogens is 2. The Morgan fingerprint density at radius 3 is 3.07 bits per heavy atom. The van der Waals surface area contributed by atoms with Crippen LogP contribution in [0.4, 0.5) is 0 Å². The molecule has 84 valence electrons. The fourth-order valence-corrected chi connectivity index (χ4v) is 3.60. The first-order valence-corrected chi connectivity index (χ1v) is 7.16. The molecule has 2 rings (SSSR count). The van der Waals surface area contributed by atoms with Gasteiger partial charge in [0.15, 0.2) is 4.34 Å². The molecule has 1 aliphatic carbocycles. The molecule has 0 bridgehead atoms. The number of nitrogens with zero attached hydrogens (tertiary/aromatic N) is 2. The van der Waals surface area contributed by atoms with Gasteiger partial charge in [0.2, 0.25) is 0 Å². The molecule has 1 aromatic rings. The fraction of sp³-hybridized carbons (Fsp3) is 0.800. The summed E-state index contributed by atoms with van der Waals surface area (Å²) in [4.78, 5) is 4.18. The van der Waals surface area contributed by atoms with Crippen molar-refractivity contribution < 1.29 is 0 Å². The van der Waals surface area contributed by atoms with Crippen LogP contribution in [0.3, 0.4) is 0 Å². The molecule has 1 saturated carbocycles. The van der Waals surface area contributed by atoms with Crippen LogP contribution in [0.25, 0.3) is 0 Å². The first-order chi connectivity index (χ1) is 7.34. The van der Waals surface area contributed by atoms with Gasteiger partial charge in [0.25, 0.3) is 0 Å². The van der Waals surface area contributed by atoms with E-state index in [1.807, 2.05) is 11.8 Å². The molecule has 0 spiro atoms. The molecular formula is C10H17N3S2. The maximum Gasteiger partial charge on any atom is 0.170 e. The monoisotopic (exact) mass is 243 g/mol. The molecule has 0 aromatic carbocycles. The minimum Gasteiger partial charge on any atom is -0.313 e. The van der Waals surface area contributed by atoms with Crippen molar-refractivity contribution in [3.63, 3.8) is 0 Å². The summed E-state index contributed by atoms with van der Waals surface area (Å²) < 4.78 is 5.08. The molecule has 0 amide bonds. The molecule has 1 aliphatic rings. The van der Waals surface area contributed by atoms with Crippen LogP contribution in [-0.2, 0) is 0 Å². The minimum atomic E-state index is 0.582. The Hall–Kier alpha value is -0.130. The summed E-state index contributed by atoms with van der Waals surface area (Å²) >= 11 is 3.30. The van der Waals surface area contributed by atoms with Crippen LogP contribution in [0.1, 0.15) is 32.6 Å². The Morgan fingerprint density at radius 2 is 2.40 bits per heavy atom. The van der Waals surface area contributed by atoms with E-state index in [1.54, 1.807) is 6.33 Å². The highest BCUT2D eigenvalue weighted by Gasteiger charge is 2.15. The van der Waals surface area contributed by atoms with Gasteiger partial charge in [-0.3, -0.25) is 0 Å². The molecule has 1 aromatic heterocycles. The normalized spacial score (nSPS) is 19.5. The topological polar surface area (TPSA) is 37.8 Å². The summed E-state index contributed by atoms with van der Waals surface area (Å²) in [5.74, 6) is 0. The number of hydrogen-bond acceptors (Lipinski definition) is 5. The van der Waals surface area contributed by atoms with Crippen molar-refractivity contribution in [1.82, 2.24) is 14.7 Å². The van der Waals surface area contributed by atoms with Gasteiger partial charge in [-0.2, -0.15) is 4.37 Å². The summed E-state index contributed by atoms with van der Waals surface area (Å²) in [7, 11) is 0. The number of thioether (sulfide) groups is 1. The van der Waals surface area contributed by atoms with Gasteiger partial charge in [0.05, 0.1) is 0 Å². The molecular weight excluding hydrogens is 226 g/mol. The maximum absolute atomic E-state index is 4.18. The molecule has 15 heavy (non-hydrogen) atoms. The zero-order valence-electron chi connectivity index (χ0n) is 8.98. The average molecular weight is 243 g/mol. The molecule has 0 radical (unpaired) electrons. The fourth-order valence-electron chi connectivity index (χ4n) is 1.89. The lowest BCUT2D eigenvalue weighted by atomic mass is 10.2. The molecule has 1 atom stereocenters. The van der Waals surface area contributed by atoms with E-state index in [4.69, 9.17) is 0 Å². The third-order valence-electron chi connectivity index (χ3n) is 2.69. The second-order valence-corrected chi connectivity index (χ2v) is 6.49. The largest absolute Gasteiger partial charge is 0.313 e. The number of hydrogen-bond donors (Lipinski definition) is 1. The summed E-state index contributed by atoms with van der Waals surface area (Å²) in [5, 5.41) is 4.21. The Balaban J connectivity index is 1.66. The number of rotatable bonds is 5. The lowest BCUT2D eigenvalue weighted by Crippen LogP contribution is -2.31. The van der Waals surface area contributed by atoms with Crippen molar-refractivity contribution in [2.45, 2.75) is 48.2 Å². The van der Waals surface area contributed by atoms with Crippen molar-refractivity contribution in [1.29, 1.82) is 0 Å². The van der Waals surface area contributed by atoms with E-state index in [0.717, 1.165) is 16.9 Å². The molecule has 1 unspecified atom stereocenters. The van der Waals surface area contributed by atoms with E-state index in [-0.39, 0.29) is 0 Å². The standard InChI is InChI=1S/C10H17N3S2/c1-8(14-10-12-7-13-15-10)6-11-9-4-2-3-5-9/h7-9,11H,2-6H2,1H3. The predicted octanol–water partition coefficient (Wildman–Crippen LogP) is 2.55. The number of nitrogens with one attached hydrogen (secondary N) is 1. The summed E-state index contributed by atoms with van der Waals surface area (Å²) in [5.41, 5.74) is 0. The van der Waals surface area contributed by atoms with Crippen molar-refractivity contribution in [3.05, 3.63) is 6.33 Å². The molecule has 1 N–H and O–H groups in total. The zero-order chi connectivity index (χ0) is 10.5. The predicted molar refractivity (Wildman–Crippen MR) is 65.5 cm³/mol. The van der Waals surface area contributed by atoms with Crippen LogP contribution in [0.5, 0.6) is 0 Å². The highest BCUT2D eigenvalue weighted by Crippen LogP contribution is 2.24. The smallest absolute Gasteiger partial charge is 0.170 e. The molecule has 1 fully saturated rings. The molecule has 0 saturated heterocycles. The lowest BCUT2D eigenvalue weighted by molar-refractivity contribution is 0.527. The van der Waals surface area contributed by atoms with Crippen LogP contribution in [0, 0.1) is 0 Å². The van der Waals surface area contributed by atoms with Crippen molar-refractivity contribution in [2.75, 3.05) is 6.54 Å². The van der Waals surface area contributed by atoms with Crippen LogP contribution < -0.4 is 5.32 Å². The first-order valence-electron chi connectivity index (χ1n) is 5.51. The van der Waals surface area contributed by atoms with Crippen LogP contribution >= 0.6 is 23.3 Å². The van der Waals surface area contributed by atoms with Crippen molar-refractivity contribution in [3.8, 4) is 0 Å². The average Bonchev–Trinajstić information content (AvgIpc) is 2.86. The van der Waals surface area contributed by atoms with Gasteiger partial charge in [0, 0.05) is 17.8 Å². The Labute approximate surface area is 99.2 Å². The highest BCUT2D eigenvalue weighted by atomic mass is 32.2. The molecule has 1 heterocycles.